The van der Waals surface area contributed by atoms with Crippen LogP contribution < -0.4 is 0 Å². The van der Waals surface area contributed by atoms with Crippen LogP contribution in [0, 0.1) is 0 Å². The summed E-state index contributed by atoms with van der Waals surface area (Å²) in [6.07, 6.45) is 1.19. The highest BCUT2D eigenvalue weighted by Crippen LogP contribution is 2.30. The summed E-state index contributed by atoms with van der Waals surface area (Å²) >= 11 is 0. The molecule has 2 fully saturated rings. The van der Waals surface area contributed by atoms with Crippen molar-refractivity contribution in [1.29, 1.82) is 0 Å². The summed E-state index contributed by atoms with van der Waals surface area (Å²) in [6.45, 7) is 0. The highest BCUT2D eigenvalue weighted by molar-refractivity contribution is 4.94. The number of ether oxygens (including phenoxy) is 1. The van der Waals surface area contributed by atoms with Gasteiger partial charge in [0.15, 0.2) is 0 Å². The van der Waals surface area contributed by atoms with Gasteiger partial charge in [0.25, 0.3) is 0 Å². The molecule has 4 nitrogen and oxygen atoms in total. The lowest BCUT2D eigenvalue weighted by molar-refractivity contribution is -0.0665. The normalized spacial score (nSPS) is 49.5. The highest BCUT2D eigenvalue weighted by Gasteiger charge is 2.45. The van der Waals surface area contributed by atoms with Gasteiger partial charge in [0.05, 0.1) is 12.2 Å². The molecule has 0 radical (unpaired) electrons. The van der Waals surface area contributed by atoms with Crippen LogP contribution in [-0.2, 0) is 4.74 Å². The van der Waals surface area contributed by atoms with E-state index in [1.165, 1.54) is 0 Å². The first-order valence-corrected chi connectivity index (χ1v) is 5.40. The summed E-state index contributed by atoms with van der Waals surface area (Å²) in [6, 6.07) is 0. The molecular formula is C10H18O4. The molecule has 0 unspecified atom stereocenters. The molecule has 5 atom stereocenters. The summed E-state index contributed by atoms with van der Waals surface area (Å²) in [5.41, 5.74) is 0. The number of aliphatic hydroxyl groups excluding tert-OH is 3. The second-order valence-electron chi connectivity index (χ2n) is 4.33. The van der Waals surface area contributed by atoms with Gasteiger partial charge in [-0.25, -0.2) is 0 Å². The molecular weight excluding hydrogens is 184 g/mol. The maximum atomic E-state index is 9.72. The van der Waals surface area contributed by atoms with Gasteiger partial charge in [0, 0.05) is 0 Å². The van der Waals surface area contributed by atoms with Crippen molar-refractivity contribution in [3.05, 3.63) is 0 Å². The molecule has 2 aliphatic rings. The number of hydrogen-bond acceptors (Lipinski definition) is 4. The standard InChI is InChI=1S/C10H18O4/c11-6-4-2-1-3-5-7-8(12)9(13)10(6)14-7/h6-13H,1-5H2/t6-,7+,8+,9+,10-/m0/s1. The molecule has 0 saturated carbocycles. The van der Waals surface area contributed by atoms with Crippen molar-refractivity contribution in [3.63, 3.8) is 0 Å². The van der Waals surface area contributed by atoms with E-state index in [2.05, 4.69) is 0 Å². The Hall–Kier alpha value is -0.160. The van der Waals surface area contributed by atoms with Crippen molar-refractivity contribution in [2.75, 3.05) is 0 Å². The molecule has 0 aromatic carbocycles. The zero-order valence-corrected chi connectivity index (χ0v) is 8.17. The zero-order chi connectivity index (χ0) is 10.1. The minimum absolute atomic E-state index is 0.289. The van der Waals surface area contributed by atoms with Gasteiger partial charge in [0.1, 0.15) is 18.3 Å². The Balaban J connectivity index is 2.09. The smallest absolute Gasteiger partial charge is 0.112 e. The maximum absolute atomic E-state index is 9.72. The lowest BCUT2D eigenvalue weighted by Gasteiger charge is -2.20. The van der Waals surface area contributed by atoms with Gasteiger partial charge >= 0.3 is 0 Å². The van der Waals surface area contributed by atoms with Crippen LogP contribution in [-0.4, -0.2) is 45.8 Å². The van der Waals surface area contributed by atoms with E-state index in [1.54, 1.807) is 0 Å². The molecule has 0 aromatic heterocycles. The number of fused-ring (bicyclic) bond motifs is 2. The first-order valence-electron chi connectivity index (χ1n) is 5.40. The lowest BCUT2D eigenvalue weighted by atomic mass is 9.95. The van der Waals surface area contributed by atoms with E-state index < -0.39 is 24.4 Å². The van der Waals surface area contributed by atoms with Crippen molar-refractivity contribution in [1.82, 2.24) is 0 Å². The fraction of sp³-hybridized carbons (Fsp3) is 1.00. The third kappa shape index (κ3) is 1.80. The van der Waals surface area contributed by atoms with Gasteiger partial charge in [-0.15, -0.1) is 0 Å². The van der Waals surface area contributed by atoms with E-state index in [-0.39, 0.29) is 6.10 Å². The largest absolute Gasteiger partial charge is 0.390 e. The van der Waals surface area contributed by atoms with Gasteiger partial charge in [0.2, 0.25) is 0 Å². The first kappa shape index (κ1) is 10.4. The Morgan fingerprint density at radius 2 is 1.57 bits per heavy atom. The quantitative estimate of drug-likeness (QED) is 0.509. The molecule has 82 valence electrons. The molecule has 2 heterocycles. The van der Waals surface area contributed by atoms with Gasteiger partial charge < -0.3 is 20.1 Å². The van der Waals surface area contributed by atoms with Crippen LogP contribution in [0.5, 0.6) is 0 Å². The Bertz CT molecular complexity index is 197. The third-order valence-electron chi connectivity index (χ3n) is 3.27. The Morgan fingerprint density at radius 1 is 0.857 bits per heavy atom. The molecule has 0 aliphatic carbocycles. The average molecular weight is 202 g/mol. The van der Waals surface area contributed by atoms with E-state index in [9.17, 15) is 15.3 Å². The minimum atomic E-state index is -0.923. The molecule has 2 saturated heterocycles. The Morgan fingerprint density at radius 3 is 2.36 bits per heavy atom. The average Bonchev–Trinajstić information content (AvgIpc) is 2.49. The predicted molar refractivity (Wildman–Crippen MR) is 49.8 cm³/mol. The minimum Gasteiger partial charge on any atom is -0.390 e. The van der Waals surface area contributed by atoms with Crippen LogP contribution >= 0.6 is 0 Å². The fourth-order valence-electron chi connectivity index (χ4n) is 2.37. The molecule has 14 heavy (non-hydrogen) atoms. The van der Waals surface area contributed by atoms with Crippen LogP contribution in [0.1, 0.15) is 32.1 Å². The maximum Gasteiger partial charge on any atom is 0.112 e. The first-order chi connectivity index (χ1) is 6.70. The van der Waals surface area contributed by atoms with Crippen molar-refractivity contribution < 1.29 is 20.1 Å². The Kier molecular flexibility index (Phi) is 3.07. The third-order valence-corrected chi connectivity index (χ3v) is 3.27. The van der Waals surface area contributed by atoms with E-state index in [4.69, 9.17) is 4.74 Å². The van der Waals surface area contributed by atoms with Crippen LogP contribution in [0.2, 0.25) is 0 Å². The molecule has 3 N–H and O–H groups in total. The molecule has 0 spiro atoms. The van der Waals surface area contributed by atoms with E-state index in [0.717, 1.165) is 25.7 Å². The van der Waals surface area contributed by atoms with Crippen molar-refractivity contribution in [2.24, 2.45) is 0 Å². The van der Waals surface area contributed by atoms with Crippen molar-refractivity contribution >= 4 is 0 Å². The van der Waals surface area contributed by atoms with Crippen molar-refractivity contribution in [2.45, 2.75) is 62.6 Å². The summed E-state index contributed by atoms with van der Waals surface area (Å²) < 4.78 is 5.47. The predicted octanol–water partition coefficient (Wildman–Crippen LogP) is -0.199. The number of rotatable bonds is 0. The summed E-state index contributed by atoms with van der Waals surface area (Å²) in [5.74, 6) is 0. The van der Waals surface area contributed by atoms with Crippen LogP contribution in [0.25, 0.3) is 0 Å². The summed E-state index contributed by atoms with van der Waals surface area (Å²) in [4.78, 5) is 0. The lowest BCUT2D eigenvalue weighted by Crippen LogP contribution is -2.39. The molecule has 2 aliphatic heterocycles. The fourth-order valence-corrected chi connectivity index (χ4v) is 2.37. The molecule has 0 amide bonds. The van der Waals surface area contributed by atoms with Crippen molar-refractivity contribution in [3.8, 4) is 0 Å². The molecule has 2 rings (SSSR count). The topological polar surface area (TPSA) is 69.9 Å². The van der Waals surface area contributed by atoms with E-state index in [1.807, 2.05) is 0 Å². The highest BCUT2D eigenvalue weighted by atomic mass is 16.6. The second-order valence-corrected chi connectivity index (χ2v) is 4.33. The van der Waals surface area contributed by atoms with Gasteiger partial charge in [-0.2, -0.15) is 0 Å². The zero-order valence-electron chi connectivity index (χ0n) is 8.17. The van der Waals surface area contributed by atoms with Gasteiger partial charge in [-0.3, -0.25) is 0 Å². The second kappa shape index (κ2) is 4.14. The number of aliphatic hydroxyl groups is 3. The number of hydrogen-bond donors (Lipinski definition) is 3. The summed E-state index contributed by atoms with van der Waals surface area (Å²) in [7, 11) is 0. The van der Waals surface area contributed by atoms with Crippen LogP contribution in [0.4, 0.5) is 0 Å². The van der Waals surface area contributed by atoms with E-state index >= 15 is 0 Å². The summed E-state index contributed by atoms with van der Waals surface area (Å²) in [5, 5.41) is 29.0. The molecule has 0 aromatic rings. The van der Waals surface area contributed by atoms with Crippen LogP contribution in [0.3, 0.4) is 0 Å². The monoisotopic (exact) mass is 202 g/mol. The Labute approximate surface area is 83.5 Å². The van der Waals surface area contributed by atoms with Gasteiger partial charge in [-0.1, -0.05) is 19.3 Å². The molecule has 2 bridgehead atoms. The van der Waals surface area contributed by atoms with Gasteiger partial charge in [-0.05, 0) is 12.8 Å². The van der Waals surface area contributed by atoms with E-state index in [0.29, 0.717) is 6.42 Å². The SMILES string of the molecule is O[C@@H]1[C@H](O)[C@H]2CCCCC[C@H](O)[C@@H]1O2. The molecule has 4 heteroatoms. The van der Waals surface area contributed by atoms with Crippen LogP contribution in [0.15, 0.2) is 0 Å².